The number of anilines is 1. The predicted octanol–water partition coefficient (Wildman–Crippen LogP) is 3.82. The van der Waals surface area contributed by atoms with E-state index in [9.17, 15) is 0 Å². The van der Waals surface area contributed by atoms with E-state index in [1.54, 1.807) is 11.3 Å². The van der Waals surface area contributed by atoms with E-state index in [-0.39, 0.29) is 6.04 Å². The summed E-state index contributed by atoms with van der Waals surface area (Å²) in [6.07, 6.45) is 0.889. The first-order valence-corrected chi connectivity index (χ1v) is 7.47. The minimum absolute atomic E-state index is 0.0765. The second-order valence-electron chi connectivity index (χ2n) is 4.98. The van der Waals surface area contributed by atoms with E-state index in [0.717, 1.165) is 17.7 Å². The number of benzene rings is 1. The molecule has 0 saturated carbocycles. The van der Waals surface area contributed by atoms with Gasteiger partial charge >= 0.3 is 0 Å². The summed E-state index contributed by atoms with van der Waals surface area (Å²) in [7, 11) is 0. The Balaban J connectivity index is 1.63. The van der Waals surface area contributed by atoms with Crippen molar-refractivity contribution >= 4 is 17.0 Å². The molecule has 1 aromatic carbocycles. The first-order chi connectivity index (χ1) is 9.81. The third-order valence-corrected chi connectivity index (χ3v) is 4.47. The second-order valence-corrected chi connectivity index (χ2v) is 5.73. The van der Waals surface area contributed by atoms with Crippen molar-refractivity contribution in [3.8, 4) is 11.4 Å². The predicted molar refractivity (Wildman–Crippen MR) is 78.9 cm³/mol. The van der Waals surface area contributed by atoms with Crippen LogP contribution in [-0.4, -0.2) is 10.1 Å². The van der Waals surface area contributed by atoms with Crippen LogP contribution in [0.1, 0.15) is 23.1 Å². The van der Waals surface area contributed by atoms with Crippen molar-refractivity contribution in [3.63, 3.8) is 0 Å². The first kappa shape index (κ1) is 11.7. The standard InChI is InChI=1S/C15H13N3OS/c1-9-7-20-8-11(9)14-17-15(19-18-14)13-6-10-4-2-3-5-12(10)16-13/h2-5,7-8,13,16H,6H2,1H3/t13-/m0/s1. The maximum Gasteiger partial charge on any atom is 0.249 e. The number of thiophene rings is 1. The number of aromatic nitrogens is 2. The molecule has 1 N–H and O–H groups in total. The molecule has 1 aliphatic rings. The summed E-state index contributed by atoms with van der Waals surface area (Å²) in [5.74, 6) is 1.33. The number of fused-ring (bicyclic) bond motifs is 1. The van der Waals surface area contributed by atoms with Crippen LogP contribution in [0.2, 0.25) is 0 Å². The van der Waals surface area contributed by atoms with Crippen LogP contribution < -0.4 is 5.32 Å². The molecule has 5 heteroatoms. The summed E-state index contributed by atoms with van der Waals surface area (Å²) in [5.41, 5.74) is 4.69. The van der Waals surface area contributed by atoms with Crippen molar-refractivity contribution < 1.29 is 4.52 Å². The lowest BCUT2D eigenvalue weighted by Gasteiger charge is -2.04. The lowest BCUT2D eigenvalue weighted by Crippen LogP contribution is -2.05. The van der Waals surface area contributed by atoms with Crippen LogP contribution in [0.25, 0.3) is 11.4 Å². The fraction of sp³-hybridized carbons (Fsp3) is 0.200. The van der Waals surface area contributed by atoms with Crippen molar-refractivity contribution in [1.82, 2.24) is 10.1 Å². The summed E-state index contributed by atoms with van der Waals surface area (Å²) >= 11 is 1.66. The summed E-state index contributed by atoms with van der Waals surface area (Å²) in [4.78, 5) is 4.54. The smallest absolute Gasteiger partial charge is 0.249 e. The Hall–Kier alpha value is -2.14. The van der Waals surface area contributed by atoms with Gasteiger partial charge in [0.05, 0.1) is 0 Å². The van der Waals surface area contributed by atoms with Gasteiger partial charge in [0, 0.05) is 23.1 Å². The normalized spacial score (nSPS) is 16.9. The SMILES string of the molecule is Cc1cscc1-c1noc([C@@H]2Cc3ccccc3N2)n1. The molecule has 0 amide bonds. The van der Waals surface area contributed by atoms with Gasteiger partial charge in [0.1, 0.15) is 6.04 Å². The molecule has 0 saturated heterocycles. The summed E-state index contributed by atoms with van der Waals surface area (Å²) in [6, 6.07) is 8.37. The van der Waals surface area contributed by atoms with Gasteiger partial charge < -0.3 is 9.84 Å². The Morgan fingerprint density at radius 1 is 1.30 bits per heavy atom. The molecule has 0 spiro atoms. The van der Waals surface area contributed by atoms with Gasteiger partial charge in [-0.1, -0.05) is 23.4 Å². The molecule has 0 aliphatic carbocycles. The molecule has 3 heterocycles. The highest BCUT2D eigenvalue weighted by atomic mass is 32.1. The second kappa shape index (κ2) is 4.45. The molecule has 4 rings (SSSR count). The summed E-state index contributed by atoms with van der Waals surface area (Å²) in [5, 5.41) is 11.7. The number of hydrogen-bond donors (Lipinski definition) is 1. The maximum absolute atomic E-state index is 5.44. The molecule has 1 atom stereocenters. The monoisotopic (exact) mass is 283 g/mol. The van der Waals surface area contributed by atoms with E-state index < -0.39 is 0 Å². The number of aryl methyl sites for hydroxylation is 1. The van der Waals surface area contributed by atoms with Gasteiger partial charge in [0.2, 0.25) is 11.7 Å². The first-order valence-electron chi connectivity index (χ1n) is 6.52. The van der Waals surface area contributed by atoms with Gasteiger partial charge in [-0.25, -0.2) is 0 Å². The van der Waals surface area contributed by atoms with Crippen LogP contribution in [0.3, 0.4) is 0 Å². The highest BCUT2D eigenvalue weighted by molar-refractivity contribution is 7.08. The number of nitrogens with zero attached hydrogens (tertiary/aromatic N) is 2. The molecule has 0 bridgehead atoms. The average molecular weight is 283 g/mol. The summed E-state index contributed by atoms with van der Waals surface area (Å²) < 4.78 is 5.44. The van der Waals surface area contributed by atoms with Gasteiger partial charge in [-0.05, 0) is 29.5 Å². The minimum Gasteiger partial charge on any atom is -0.373 e. The lowest BCUT2D eigenvalue weighted by atomic mass is 10.1. The van der Waals surface area contributed by atoms with Crippen LogP contribution in [0.5, 0.6) is 0 Å². The van der Waals surface area contributed by atoms with Crippen molar-refractivity contribution in [2.75, 3.05) is 5.32 Å². The fourth-order valence-electron chi connectivity index (χ4n) is 2.52. The van der Waals surface area contributed by atoms with Crippen LogP contribution in [0, 0.1) is 6.92 Å². The number of nitrogens with one attached hydrogen (secondary N) is 1. The molecule has 2 aromatic heterocycles. The quantitative estimate of drug-likeness (QED) is 0.777. The Morgan fingerprint density at radius 2 is 2.20 bits per heavy atom. The molecular weight excluding hydrogens is 270 g/mol. The highest BCUT2D eigenvalue weighted by Crippen LogP contribution is 2.34. The summed E-state index contributed by atoms with van der Waals surface area (Å²) in [6.45, 7) is 2.06. The van der Waals surface area contributed by atoms with Gasteiger partial charge in [0.25, 0.3) is 0 Å². The van der Waals surface area contributed by atoms with E-state index in [2.05, 4.69) is 51.3 Å². The fourth-order valence-corrected chi connectivity index (χ4v) is 3.35. The maximum atomic E-state index is 5.44. The lowest BCUT2D eigenvalue weighted by molar-refractivity contribution is 0.364. The van der Waals surface area contributed by atoms with E-state index in [1.807, 2.05) is 6.07 Å². The zero-order valence-electron chi connectivity index (χ0n) is 11.0. The van der Waals surface area contributed by atoms with E-state index in [0.29, 0.717) is 11.7 Å². The molecule has 100 valence electrons. The molecule has 0 unspecified atom stereocenters. The highest BCUT2D eigenvalue weighted by Gasteiger charge is 2.26. The molecule has 0 radical (unpaired) electrons. The minimum atomic E-state index is 0.0765. The zero-order valence-corrected chi connectivity index (χ0v) is 11.8. The van der Waals surface area contributed by atoms with Gasteiger partial charge in [-0.2, -0.15) is 16.3 Å². The van der Waals surface area contributed by atoms with E-state index >= 15 is 0 Å². The number of rotatable bonds is 2. The van der Waals surface area contributed by atoms with Crippen LogP contribution in [0.4, 0.5) is 5.69 Å². The van der Waals surface area contributed by atoms with Gasteiger partial charge in [0.15, 0.2) is 0 Å². The largest absolute Gasteiger partial charge is 0.373 e. The van der Waals surface area contributed by atoms with Gasteiger partial charge in [-0.3, -0.25) is 0 Å². The van der Waals surface area contributed by atoms with Crippen LogP contribution in [0.15, 0.2) is 39.5 Å². The third-order valence-electron chi connectivity index (χ3n) is 3.61. The van der Waals surface area contributed by atoms with Crippen molar-refractivity contribution in [2.24, 2.45) is 0 Å². The average Bonchev–Trinajstić information content (AvgIpc) is 3.15. The molecule has 20 heavy (non-hydrogen) atoms. The van der Waals surface area contributed by atoms with Crippen molar-refractivity contribution in [1.29, 1.82) is 0 Å². The third kappa shape index (κ3) is 1.82. The van der Waals surface area contributed by atoms with E-state index in [1.165, 1.54) is 11.1 Å². The Bertz CT molecular complexity index is 737. The van der Waals surface area contributed by atoms with Crippen molar-refractivity contribution in [2.45, 2.75) is 19.4 Å². The number of para-hydroxylation sites is 1. The molecule has 1 aliphatic heterocycles. The van der Waals surface area contributed by atoms with E-state index in [4.69, 9.17) is 4.52 Å². The van der Waals surface area contributed by atoms with Crippen LogP contribution in [-0.2, 0) is 6.42 Å². The topological polar surface area (TPSA) is 51.0 Å². The zero-order chi connectivity index (χ0) is 13.5. The Kier molecular flexibility index (Phi) is 2.60. The van der Waals surface area contributed by atoms with Gasteiger partial charge in [-0.15, -0.1) is 0 Å². The van der Waals surface area contributed by atoms with Crippen LogP contribution >= 0.6 is 11.3 Å². The van der Waals surface area contributed by atoms with Crippen molar-refractivity contribution in [3.05, 3.63) is 52.0 Å². The molecule has 4 nitrogen and oxygen atoms in total. The Morgan fingerprint density at radius 3 is 3.00 bits per heavy atom. The molecule has 0 fully saturated rings. The molecule has 3 aromatic rings. The molecular formula is C15H13N3OS. The number of hydrogen-bond acceptors (Lipinski definition) is 5. The Labute approximate surface area is 120 Å².